The van der Waals surface area contributed by atoms with E-state index in [0.29, 0.717) is 28.4 Å². The molecule has 0 bridgehead atoms. The van der Waals surface area contributed by atoms with Crippen molar-refractivity contribution < 1.29 is 28.7 Å². The monoisotopic (exact) mass is 384 g/mol. The van der Waals surface area contributed by atoms with Gasteiger partial charge in [0.15, 0.2) is 17.2 Å². The smallest absolute Gasteiger partial charge is 0.363 e. The van der Waals surface area contributed by atoms with Crippen LogP contribution in [0.15, 0.2) is 47.1 Å². The summed E-state index contributed by atoms with van der Waals surface area (Å²) in [5.74, 6) is 0.542. The molecule has 0 N–H and O–H groups in total. The Bertz CT molecular complexity index is 986. The Morgan fingerprint density at radius 3 is 2.32 bits per heavy atom. The van der Waals surface area contributed by atoms with Gasteiger partial charge in [-0.3, -0.25) is 10.1 Å². The zero-order valence-corrected chi connectivity index (χ0v) is 15.3. The summed E-state index contributed by atoms with van der Waals surface area (Å²) in [5.41, 5.74) is 0.833. The van der Waals surface area contributed by atoms with Crippen LogP contribution in [-0.4, -0.2) is 38.1 Å². The van der Waals surface area contributed by atoms with Gasteiger partial charge in [-0.05, 0) is 23.8 Å². The van der Waals surface area contributed by atoms with Crippen molar-refractivity contribution in [2.45, 2.75) is 0 Å². The highest BCUT2D eigenvalue weighted by Crippen LogP contribution is 2.39. The molecule has 1 aliphatic heterocycles. The quantitative estimate of drug-likeness (QED) is 0.326. The molecule has 0 spiro atoms. The average molecular weight is 384 g/mol. The molecule has 0 atom stereocenters. The molecule has 0 aliphatic carbocycles. The number of carbonyl (C=O) groups excluding carboxylic acids is 1. The molecule has 0 aromatic heterocycles. The van der Waals surface area contributed by atoms with Gasteiger partial charge in [-0.2, -0.15) is 0 Å². The molecule has 0 radical (unpaired) electrons. The van der Waals surface area contributed by atoms with Crippen molar-refractivity contribution in [1.29, 1.82) is 0 Å². The number of methoxy groups -OCH3 is 3. The lowest BCUT2D eigenvalue weighted by Crippen LogP contribution is -2.06. The molecule has 9 nitrogen and oxygen atoms in total. The molecule has 0 saturated carbocycles. The molecular weight excluding hydrogens is 368 g/mol. The van der Waals surface area contributed by atoms with Crippen LogP contribution >= 0.6 is 0 Å². The number of carbonyl (C=O) groups is 1. The summed E-state index contributed by atoms with van der Waals surface area (Å²) in [6.07, 6.45) is 1.42. The predicted octanol–water partition coefficient (Wildman–Crippen LogP) is 2.97. The summed E-state index contributed by atoms with van der Waals surface area (Å²) in [6, 6.07) is 9.05. The summed E-state index contributed by atoms with van der Waals surface area (Å²) in [4.78, 5) is 26.8. The fraction of sp³-hybridized carbons (Fsp3) is 0.158. The first-order valence-electron chi connectivity index (χ1n) is 8.04. The second-order valence-electron chi connectivity index (χ2n) is 5.60. The normalized spacial score (nSPS) is 14.5. The van der Waals surface area contributed by atoms with E-state index in [1.165, 1.54) is 45.6 Å². The molecule has 3 rings (SSSR count). The van der Waals surface area contributed by atoms with Crippen LogP contribution in [0.4, 0.5) is 5.69 Å². The first kappa shape index (κ1) is 18.9. The molecule has 1 aliphatic rings. The van der Waals surface area contributed by atoms with Gasteiger partial charge in [-0.15, -0.1) is 0 Å². The van der Waals surface area contributed by atoms with Crippen molar-refractivity contribution in [2.24, 2.45) is 4.99 Å². The minimum absolute atomic E-state index is 0.0178. The van der Waals surface area contributed by atoms with Crippen LogP contribution in [0.25, 0.3) is 6.08 Å². The van der Waals surface area contributed by atoms with E-state index < -0.39 is 10.9 Å². The van der Waals surface area contributed by atoms with E-state index in [2.05, 4.69) is 4.99 Å². The molecule has 0 saturated heterocycles. The highest BCUT2D eigenvalue weighted by molar-refractivity contribution is 6.13. The Morgan fingerprint density at radius 1 is 1.07 bits per heavy atom. The molecule has 28 heavy (non-hydrogen) atoms. The van der Waals surface area contributed by atoms with Gasteiger partial charge in [0.25, 0.3) is 5.69 Å². The Hall–Kier alpha value is -3.88. The second-order valence-corrected chi connectivity index (χ2v) is 5.60. The number of non-ortho nitro benzene ring substituents is 1. The van der Waals surface area contributed by atoms with Gasteiger partial charge in [0.05, 0.1) is 26.3 Å². The van der Waals surface area contributed by atoms with Gasteiger partial charge in [0.2, 0.25) is 11.6 Å². The lowest BCUT2D eigenvalue weighted by atomic mass is 10.1. The summed E-state index contributed by atoms with van der Waals surface area (Å²) >= 11 is 0. The van der Waals surface area contributed by atoms with Crippen molar-refractivity contribution in [3.8, 4) is 17.2 Å². The van der Waals surface area contributed by atoms with E-state index in [-0.39, 0.29) is 17.3 Å². The van der Waals surface area contributed by atoms with Gasteiger partial charge >= 0.3 is 5.97 Å². The maximum Gasteiger partial charge on any atom is 0.363 e. The zero-order chi connectivity index (χ0) is 20.3. The summed E-state index contributed by atoms with van der Waals surface area (Å²) < 4.78 is 21.1. The van der Waals surface area contributed by atoms with E-state index in [0.717, 1.165) is 0 Å². The zero-order valence-electron chi connectivity index (χ0n) is 15.3. The van der Waals surface area contributed by atoms with E-state index >= 15 is 0 Å². The molecule has 0 unspecified atom stereocenters. The maximum absolute atomic E-state index is 12.2. The first-order chi connectivity index (χ1) is 13.5. The number of hydrogen-bond donors (Lipinski definition) is 0. The molecule has 9 heteroatoms. The molecule has 2 aromatic carbocycles. The fourth-order valence-corrected chi connectivity index (χ4v) is 2.62. The summed E-state index contributed by atoms with van der Waals surface area (Å²) in [5, 5.41) is 10.9. The number of esters is 1. The number of nitro benzene ring substituents is 1. The van der Waals surface area contributed by atoms with Crippen LogP contribution in [0.2, 0.25) is 0 Å². The van der Waals surface area contributed by atoms with Gasteiger partial charge in [-0.25, -0.2) is 9.79 Å². The van der Waals surface area contributed by atoms with Gasteiger partial charge in [0, 0.05) is 17.7 Å². The third-order valence-corrected chi connectivity index (χ3v) is 3.92. The SMILES string of the molecule is COc1cc(C2=NC(=Cc3cccc([N+](=O)[O-])c3)C(=O)O2)cc(OC)c1OC. The largest absolute Gasteiger partial charge is 0.493 e. The predicted molar refractivity (Wildman–Crippen MR) is 99.8 cm³/mol. The Balaban J connectivity index is 2.00. The number of nitro groups is 1. The first-order valence-corrected chi connectivity index (χ1v) is 8.04. The fourth-order valence-electron chi connectivity index (χ4n) is 2.62. The Morgan fingerprint density at radius 2 is 1.75 bits per heavy atom. The number of nitrogens with zero attached hydrogens (tertiary/aromatic N) is 2. The maximum atomic E-state index is 12.2. The van der Waals surface area contributed by atoms with Crippen LogP contribution in [0.5, 0.6) is 17.2 Å². The lowest BCUT2D eigenvalue weighted by molar-refractivity contribution is -0.384. The van der Waals surface area contributed by atoms with Crippen LogP contribution in [-0.2, 0) is 9.53 Å². The molecule has 2 aromatic rings. The van der Waals surface area contributed by atoms with Crippen LogP contribution in [0.3, 0.4) is 0 Å². The van der Waals surface area contributed by atoms with Crippen molar-refractivity contribution >= 4 is 23.6 Å². The average Bonchev–Trinajstić information content (AvgIpc) is 3.07. The Kier molecular flexibility index (Phi) is 5.25. The minimum Gasteiger partial charge on any atom is -0.493 e. The third kappa shape index (κ3) is 3.63. The van der Waals surface area contributed by atoms with Gasteiger partial charge in [-0.1, -0.05) is 12.1 Å². The summed E-state index contributed by atoms with van der Waals surface area (Å²) in [7, 11) is 4.42. The van der Waals surface area contributed by atoms with Crippen LogP contribution in [0, 0.1) is 10.1 Å². The van der Waals surface area contributed by atoms with Crippen LogP contribution in [0.1, 0.15) is 11.1 Å². The van der Waals surface area contributed by atoms with Crippen molar-refractivity contribution in [2.75, 3.05) is 21.3 Å². The number of hydrogen-bond acceptors (Lipinski definition) is 8. The summed E-state index contributed by atoms with van der Waals surface area (Å²) in [6.45, 7) is 0. The van der Waals surface area contributed by atoms with Crippen molar-refractivity contribution in [1.82, 2.24) is 0 Å². The van der Waals surface area contributed by atoms with E-state index in [1.54, 1.807) is 18.2 Å². The number of benzene rings is 2. The standard InChI is InChI=1S/C19H16N2O7/c1-25-15-9-12(10-16(26-2)17(15)27-3)18-20-14(19(22)28-18)8-11-5-4-6-13(7-11)21(23)24/h4-10H,1-3H3. The second kappa shape index (κ2) is 7.78. The third-order valence-electron chi connectivity index (χ3n) is 3.92. The number of aliphatic imine (C=N–C) groups is 1. The minimum atomic E-state index is -0.671. The van der Waals surface area contributed by atoms with Crippen molar-refractivity contribution in [3.05, 3.63) is 63.3 Å². The lowest BCUT2D eigenvalue weighted by Gasteiger charge is -2.13. The number of cyclic esters (lactones) is 1. The van der Waals surface area contributed by atoms with Crippen molar-refractivity contribution in [3.63, 3.8) is 0 Å². The molecular formula is C19H16N2O7. The highest BCUT2D eigenvalue weighted by atomic mass is 16.6. The molecule has 144 valence electrons. The van der Waals surface area contributed by atoms with Crippen LogP contribution < -0.4 is 14.2 Å². The topological polar surface area (TPSA) is 109 Å². The molecule has 0 amide bonds. The molecule has 0 fully saturated rings. The van der Waals surface area contributed by atoms with E-state index in [9.17, 15) is 14.9 Å². The van der Waals surface area contributed by atoms with E-state index in [4.69, 9.17) is 18.9 Å². The van der Waals surface area contributed by atoms with E-state index in [1.807, 2.05) is 0 Å². The number of ether oxygens (including phenoxy) is 4. The Labute approximate surface area is 160 Å². The molecule has 1 heterocycles. The van der Waals surface area contributed by atoms with Gasteiger partial charge in [0.1, 0.15) is 0 Å². The number of rotatable bonds is 6. The highest BCUT2D eigenvalue weighted by Gasteiger charge is 2.26. The van der Waals surface area contributed by atoms with Gasteiger partial charge < -0.3 is 18.9 Å².